The van der Waals surface area contributed by atoms with Crippen LogP contribution in [0.4, 0.5) is 4.39 Å². The maximum absolute atomic E-state index is 13.9. The summed E-state index contributed by atoms with van der Waals surface area (Å²) in [4.78, 5) is 29.6. The summed E-state index contributed by atoms with van der Waals surface area (Å²) in [6, 6.07) is 7.24. The van der Waals surface area contributed by atoms with Crippen LogP contribution in [0, 0.1) is 30.6 Å². The average Bonchev–Trinajstić information content (AvgIpc) is 3.51. The van der Waals surface area contributed by atoms with Crippen molar-refractivity contribution < 1.29 is 18.4 Å². The fourth-order valence-electron chi connectivity index (χ4n) is 7.33. The maximum atomic E-state index is 13.9. The van der Waals surface area contributed by atoms with Crippen LogP contribution < -0.4 is 5.73 Å². The number of hydrogen-bond acceptors (Lipinski definition) is 4. The van der Waals surface area contributed by atoms with E-state index in [9.17, 15) is 14.0 Å². The molecule has 2 aliphatic carbocycles. The highest BCUT2D eigenvalue weighted by Gasteiger charge is 2.46. The average molecular weight is 497 g/mol. The molecule has 0 bridgehead atoms. The minimum absolute atomic E-state index is 0.0706. The lowest BCUT2D eigenvalue weighted by Crippen LogP contribution is -2.48. The van der Waals surface area contributed by atoms with Gasteiger partial charge in [0.05, 0.1) is 6.04 Å². The van der Waals surface area contributed by atoms with E-state index in [0.717, 1.165) is 54.4 Å². The molecule has 1 saturated heterocycles. The summed E-state index contributed by atoms with van der Waals surface area (Å²) in [7, 11) is 0. The fraction of sp³-hybridized carbons (Fsp3) is 0.667. The van der Waals surface area contributed by atoms with Crippen molar-refractivity contribution in [2.24, 2.45) is 29.4 Å². The SMILES string of the molecule is Cc1cc2cc(CC(=O)[C@@H]3[C@H](C4CCCCC4)CCN3C(=O)C3CCC([C@H](N)CF)CC3)ccc2o1. The third kappa shape index (κ3) is 5.25. The number of likely N-dealkylation sites (tertiary alicyclic amines) is 1. The quantitative estimate of drug-likeness (QED) is 0.529. The predicted octanol–water partition coefficient (Wildman–Crippen LogP) is 5.75. The van der Waals surface area contributed by atoms with Crippen LogP contribution in [0.25, 0.3) is 11.0 Å². The smallest absolute Gasteiger partial charge is 0.226 e. The molecule has 3 aliphatic rings. The zero-order valence-corrected chi connectivity index (χ0v) is 21.6. The lowest BCUT2D eigenvalue weighted by molar-refractivity contribution is -0.143. The number of nitrogens with zero attached hydrogens (tertiary/aromatic N) is 1. The summed E-state index contributed by atoms with van der Waals surface area (Å²) in [5, 5.41) is 1.02. The van der Waals surface area contributed by atoms with Crippen molar-refractivity contribution in [1.82, 2.24) is 4.90 Å². The van der Waals surface area contributed by atoms with Crippen molar-refractivity contribution in [2.75, 3.05) is 13.2 Å². The number of Topliss-reactive ketones (excluding diaryl/α,β-unsaturated/α-hetero) is 1. The number of carbonyl (C=O) groups excluding carboxylic acids is 2. The van der Waals surface area contributed by atoms with Crippen molar-refractivity contribution >= 4 is 22.7 Å². The minimum Gasteiger partial charge on any atom is -0.461 e. The predicted molar refractivity (Wildman–Crippen MR) is 139 cm³/mol. The van der Waals surface area contributed by atoms with Crippen LogP contribution >= 0.6 is 0 Å². The van der Waals surface area contributed by atoms with Crippen molar-refractivity contribution in [1.29, 1.82) is 0 Å². The Balaban J connectivity index is 1.33. The van der Waals surface area contributed by atoms with Gasteiger partial charge in [0.15, 0.2) is 5.78 Å². The molecule has 6 heteroatoms. The third-order valence-electron chi connectivity index (χ3n) is 9.30. The first-order valence-corrected chi connectivity index (χ1v) is 14.1. The Labute approximate surface area is 214 Å². The molecule has 5 nitrogen and oxygen atoms in total. The van der Waals surface area contributed by atoms with Gasteiger partial charge in [-0.3, -0.25) is 9.59 Å². The first-order chi connectivity index (χ1) is 17.4. The van der Waals surface area contributed by atoms with Crippen molar-refractivity contribution in [3.63, 3.8) is 0 Å². The van der Waals surface area contributed by atoms with E-state index in [4.69, 9.17) is 10.2 Å². The minimum atomic E-state index is -0.501. The van der Waals surface area contributed by atoms with E-state index in [1.807, 2.05) is 30.0 Å². The molecule has 1 aromatic carbocycles. The van der Waals surface area contributed by atoms with Gasteiger partial charge in [-0.2, -0.15) is 0 Å². The number of nitrogens with two attached hydrogens (primary N) is 1. The van der Waals surface area contributed by atoms with E-state index >= 15 is 0 Å². The number of aryl methyl sites for hydroxylation is 1. The normalized spacial score (nSPS) is 28.5. The van der Waals surface area contributed by atoms with Gasteiger partial charge in [0.1, 0.15) is 18.0 Å². The highest BCUT2D eigenvalue weighted by atomic mass is 19.1. The molecule has 3 atom stereocenters. The lowest BCUT2D eigenvalue weighted by Gasteiger charge is -2.37. The van der Waals surface area contributed by atoms with Gasteiger partial charge >= 0.3 is 0 Å². The first kappa shape index (κ1) is 25.4. The molecule has 2 heterocycles. The molecule has 0 spiro atoms. The first-order valence-electron chi connectivity index (χ1n) is 14.1. The maximum Gasteiger partial charge on any atom is 0.226 e. The molecule has 1 amide bonds. The van der Waals surface area contributed by atoms with E-state index < -0.39 is 12.7 Å². The molecule has 2 N–H and O–H groups in total. The summed E-state index contributed by atoms with van der Waals surface area (Å²) in [6.45, 7) is 2.11. The second-order valence-corrected chi connectivity index (χ2v) is 11.6. The second-order valence-electron chi connectivity index (χ2n) is 11.6. The van der Waals surface area contributed by atoms with E-state index in [0.29, 0.717) is 18.9 Å². The highest BCUT2D eigenvalue weighted by molar-refractivity contribution is 5.92. The largest absolute Gasteiger partial charge is 0.461 e. The summed E-state index contributed by atoms with van der Waals surface area (Å²) in [5.74, 6) is 2.05. The van der Waals surface area contributed by atoms with Gasteiger partial charge in [0, 0.05) is 30.3 Å². The van der Waals surface area contributed by atoms with Crippen molar-refractivity contribution in [3.8, 4) is 0 Å². The van der Waals surface area contributed by atoms with Gasteiger partial charge in [0.2, 0.25) is 5.91 Å². The number of carbonyl (C=O) groups is 2. The van der Waals surface area contributed by atoms with Crippen LogP contribution in [0.3, 0.4) is 0 Å². The van der Waals surface area contributed by atoms with Crippen LogP contribution in [0.1, 0.15) is 75.5 Å². The third-order valence-corrected chi connectivity index (χ3v) is 9.30. The Bertz CT molecular complexity index is 1070. The van der Waals surface area contributed by atoms with Crippen LogP contribution in [0.2, 0.25) is 0 Å². The summed E-state index contributed by atoms with van der Waals surface area (Å²) in [6.07, 6.45) is 10.4. The van der Waals surface area contributed by atoms with E-state index in [1.54, 1.807) is 0 Å². The number of ketones is 1. The van der Waals surface area contributed by atoms with Gasteiger partial charge in [-0.25, -0.2) is 4.39 Å². The Morgan fingerprint density at radius 3 is 2.53 bits per heavy atom. The molecule has 1 aromatic heterocycles. The number of furan rings is 1. The topological polar surface area (TPSA) is 76.5 Å². The van der Waals surface area contributed by atoms with Gasteiger partial charge in [0.25, 0.3) is 0 Å². The number of hydrogen-bond donors (Lipinski definition) is 1. The van der Waals surface area contributed by atoms with Gasteiger partial charge in [-0.05, 0) is 80.5 Å². The molecule has 2 aromatic rings. The summed E-state index contributed by atoms with van der Waals surface area (Å²) < 4.78 is 18.8. The van der Waals surface area contributed by atoms with Crippen LogP contribution in [0.15, 0.2) is 28.7 Å². The molecule has 196 valence electrons. The Hall–Kier alpha value is -2.21. The van der Waals surface area contributed by atoms with Crippen molar-refractivity contribution in [3.05, 3.63) is 35.6 Å². The summed E-state index contributed by atoms with van der Waals surface area (Å²) in [5.41, 5.74) is 7.76. The van der Waals surface area contributed by atoms with Gasteiger partial charge in [-0.15, -0.1) is 0 Å². The highest BCUT2D eigenvalue weighted by Crippen LogP contribution is 2.41. The Kier molecular flexibility index (Phi) is 7.80. The Morgan fingerprint density at radius 2 is 1.81 bits per heavy atom. The molecule has 1 aliphatic heterocycles. The van der Waals surface area contributed by atoms with Gasteiger partial charge in [-0.1, -0.05) is 38.2 Å². The number of amides is 1. The van der Waals surface area contributed by atoms with Gasteiger partial charge < -0.3 is 15.1 Å². The molecule has 3 fully saturated rings. The zero-order valence-electron chi connectivity index (χ0n) is 21.6. The molecule has 5 rings (SSSR count). The van der Waals surface area contributed by atoms with Crippen LogP contribution in [0.5, 0.6) is 0 Å². The number of alkyl halides is 1. The number of halogens is 1. The molecule has 36 heavy (non-hydrogen) atoms. The zero-order chi connectivity index (χ0) is 25.2. The molecule has 0 unspecified atom stereocenters. The van der Waals surface area contributed by atoms with Crippen LogP contribution in [-0.4, -0.2) is 41.9 Å². The molecule has 2 saturated carbocycles. The number of rotatable bonds is 7. The monoisotopic (exact) mass is 496 g/mol. The van der Waals surface area contributed by atoms with Crippen molar-refractivity contribution in [2.45, 2.75) is 89.6 Å². The molecular weight excluding hydrogens is 455 g/mol. The van der Waals surface area contributed by atoms with E-state index in [2.05, 4.69) is 6.07 Å². The van der Waals surface area contributed by atoms with Crippen LogP contribution in [-0.2, 0) is 16.0 Å². The molecular formula is C30H41FN2O3. The standard InChI is InChI=1S/C30H41FN2O3/c1-19-15-24-16-20(7-12-28(24)36-19)17-27(34)29-25(21-5-3-2-4-6-21)13-14-33(29)30(35)23-10-8-22(9-11-23)26(32)18-31/h7,12,15-16,21-23,25-26,29H,2-6,8-11,13-14,17-18,32H2,1H3/t22?,23?,25-,26+,29-/m0/s1. The number of fused-ring (bicyclic) bond motifs is 1. The Morgan fingerprint density at radius 1 is 1.06 bits per heavy atom. The number of benzene rings is 1. The summed E-state index contributed by atoms with van der Waals surface area (Å²) >= 11 is 0. The second kappa shape index (κ2) is 11.0. The van der Waals surface area contributed by atoms with E-state index in [-0.39, 0.29) is 35.5 Å². The lowest BCUT2D eigenvalue weighted by atomic mass is 9.75. The fourth-order valence-corrected chi connectivity index (χ4v) is 7.33. The van der Waals surface area contributed by atoms with E-state index in [1.165, 1.54) is 32.1 Å². The molecule has 0 radical (unpaired) electrons.